The molecule has 2 amide bonds. The lowest BCUT2D eigenvalue weighted by molar-refractivity contribution is -0.0367. The number of H-pyrrole nitrogens is 1. The van der Waals surface area contributed by atoms with E-state index in [4.69, 9.17) is 5.73 Å². The van der Waals surface area contributed by atoms with Crippen LogP contribution in [0.25, 0.3) is 11.0 Å². The molecule has 4 N–H and O–H groups in total. The lowest BCUT2D eigenvalue weighted by atomic mass is 10.1. The average Bonchev–Trinajstić information content (AvgIpc) is 2.85. The highest BCUT2D eigenvalue weighted by Gasteiger charge is 2.38. The van der Waals surface area contributed by atoms with Crippen LogP contribution in [0, 0.1) is 0 Å². The van der Waals surface area contributed by atoms with Crippen LogP contribution in [0.4, 0.5) is 13.6 Å². The Bertz CT molecular complexity index is 684. The summed E-state index contributed by atoms with van der Waals surface area (Å²) in [5, 5.41) is 2.19. The van der Waals surface area contributed by atoms with Gasteiger partial charge in [0.1, 0.15) is 5.82 Å². The fourth-order valence-corrected chi connectivity index (χ4v) is 2.38. The van der Waals surface area contributed by atoms with Crippen LogP contribution in [0.5, 0.6) is 0 Å². The maximum atomic E-state index is 13.3. The highest BCUT2D eigenvalue weighted by atomic mass is 19.3. The Kier molecular flexibility index (Phi) is 3.25. The monoisotopic (exact) mass is 295 g/mol. The van der Waals surface area contributed by atoms with E-state index in [1.807, 2.05) is 0 Å². The van der Waals surface area contributed by atoms with Crippen LogP contribution in [0.3, 0.4) is 0 Å². The van der Waals surface area contributed by atoms with Crippen molar-refractivity contribution in [2.75, 3.05) is 13.1 Å². The molecule has 0 bridgehead atoms. The maximum Gasteiger partial charge on any atom is 0.318 e. The van der Waals surface area contributed by atoms with Gasteiger partial charge in [-0.25, -0.2) is 18.6 Å². The average molecular weight is 295 g/mol. The van der Waals surface area contributed by atoms with Crippen LogP contribution in [0.1, 0.15) is 11.4 Å². The number of urea groups is 1. The predicted octanol–water partition coefficient (Wildman–Crippen LogP) is 1.18. The zero-order valence-electron chi connectivity index (χ0n) is 11.2. The van der Waals surface area contributed by atoms with E-state index in [2.05, 4.69) is 15.3 Å². The Morgan fingerprint density at radius 1 is 1.43 bits per heavy atom. The molecule has 112 valence electrons. The number of hydrogen-bond donors (Lipinski definition) is 3. The van der Waals surface area contributed by atoms with Gasteiger partial charge in [-0.05, 0) is 17.7 Å². The third kappa shape index (κ3) is 2.80. The molecule has 0 radical (unpaired) electrons. The van der Waals surface area contributed by atoms with E-state index in [1.54, 1.807) is 18.2 Å². The van der Waals surface area contributed by atoms with Crippen molar-refractivity contribution < 1.29 is 13.6 Å². The molecule has 0 saturated carbocycles. The number of hydrogen-bond acceptors (Lipinski definition) is 3. The van der Waals surface area contributed by atoms with Crippen LogP contribution in [-0.4, -0.2) is 39.9 Å². The second kappa shape index (κ2) is 4.96. The summed E-state index contributed by atoms with van der Waals surface area (Å²) in [6.45, 7) is -0.769. The second-order valence-electron chi connectivity index (χ2n) is 5.11. The lowest BCUT2D eigenvalue weighted by Gasteiger charge is -2.32. The van der Waals surface area contributed by atoms with Gasteiger partial charge >= 0.3 is 6.03 Å². The van der Waals surface area contributed by atoms with Crippen LogP contribution >= 0.6 is 0 Å². The number of aromatic amines is 1. The molecular weight excluding hydrogens is 280 g/mol. The fourth-order valence-electron chi connectivity index (χ4n) is 2.38. The first kappa shape index (κ1) is 13.7. The number of alkyl halides is 2. The molecule has 6 nitrogen and oxygen atoms in total. The molecule has 1 fully saturated rings. The molecule has 2 aromatic rings. The molecule has 0 aliphatic carbocycles. The van der Waals surface area contributed by atoms with Crippen molar-refractivity contribution in [2.24, 2.45) is 5.73 Å². The minimum atomic E-state index is -2.90. The predicted molar refractivity (Wildman–Crippen MR) is 72.7 cm³/mol. The molecule has 8 heteroatoms. The Hall–Kier alpha value is -2.22. The van der Waals surface area contributed by atoms with E-state index in [0.717, 1.165) is 21.5 Å². The van der Waals surface area contributed by atoms with E-state index in [1.165, 1.54) is 0 Å². The molecule has 0 atom stereocenters. The van der Waals surface area contributed by atoms with Gasteiger partial charge in [-0.2, -0.15) is 0 Å². The molecule has 1 saturated heterocycles. The van der Waals surface area contributed by atoms with Crippen molar-refractivity contribution in [2.45, 2.75) is 19.0 Å². The van der Waals surface area contributed by atoms with Crippen LogP contribution in [0.2, 0.25) is 0 Å². The van der Waals surface area contributed by atoms with Crippen LogP contribution < -0.4 is 11.1 Å². The minimum absolute atomic E-state index is 0.119. The standard InChI is InChI=1S/C13H15F2N5O/c14-13(15)6-17-12(21)20(7-13)5-8-1-2-9-10(3-8)19-11(4-16)18-9/h1-3H,4-7,16H2,(H,17,21)(H,18,19). The van der Waals surface area contributed by atoms with Gasteiger partial charge in [0, 0.05) is 6.54 Å². The van der Waals surface area contributed by atoms with Gasteiger partial charge in [0.25, 0.3) is 5.92 Å². The summed E-state index contributed by atoms with van der Waals surface area (Å²) in [6, 6.07) is 4.86. The number of fused-ring (bicyclic) bond motifs is 1. The van der Waals surface area contributed by atoms with E-state index in [9.17, 15) is 13.6 Å². The molecule has 1 aliphatic rings. The molecule has 21 heavy (non-hydrogen) atoms. The first-order chi connectivity index (χ1) is 9.97. The van der Waals surface area contributed by atoms with Crippen molar-refractivity contribution in [3.8, 4) is 0 Å². The Labute approximate surface area is 119 Å². The van der Waals surface area contributed by atoms with Crippen molar-refractivity contribution in [3.63, 3.8) is 0 Å². The van der Waals surface area contributed by atoms with Crippen molar-refractivity contribution in [1.82, 2.24) is 20.2 Å². The van der Waals surface area contributed by atoms with Gasteiger partial charge in [-0.15, -0.1) is 0 Å². The SMILES string of the molecule is NCc1nc2ccc(CN3CC(F)(F)CNC3=O)cc2[nH]1. The number of amides is 2. The number of nitrogens with zero attached hydrogens (tertiary/aromatic N) is 2. The Morgan fingerprint density at radius 2 is 2.24 bits per heavy atom. The number of nitrogens with one attached hydrogen (secondary N) is 2. The lowest BCUT2D eigenvalue weighted by Crippen LogP contribution is -2.56. The molecule has 3 rings (SSSR count). The third-order valence-electron chi connectivity index (χ3n) is 3.37. The Balaban J connectivity index is 1.82. The van der Waals surface area contributed by atoms with Crippen LogP contribution in [0.15, 0.2) is 18.2 Å². The highest BCUT2D eigenvalue weighted by Crippen LogP contribution is 2.21. The first-order valence-corrected chi connectivity index (χ1v) is 6.55. The zero-order chi connectivity index (χ0) is 15.0. The summed E-state index contributed by atoms with van der Waals surface area (Å²) in [5.74, 6) is -2.25. The number of halogens is 2. The summed E-state index contributed by atoms with van der Waals surface area (Å²) in [7, 11) is 0. The van der Waals surface area contributed by atoms with Gasteiger partial charge < -0.3 is 20.9 Å². The van der Waals surface area contributed by atoms with E-state index in [0.29, 0.717) is 12.4 Å². The third-order valence-corrected chi connectivity index (χ3v) is 3.37. The molecule has 1 aliphatic heterocycles. The second-order valence-corrected chi connectivity index (χ2v) is 5.11. The molecule has 1 aromatic carbocycles. The topological polar surface area (TPSA) is 87.0 Å². The van der Waals surface area contributed by atoms with Gasteiger partial charge in [-0.1, -0.05) is 6.07 Å². The molecule has 0 unspecified atom stereocenters. The number of benzene rings is 1. The number of nitrogens with two attached hydrogens (primary N) is 1. The molecule has 0 spiro atoms. The summed E-state index contributed by atoms with van der Waals surface area (Å²) in [5.41, 5.74) is 7.80. The van der Waals surface area contributed by atoms with Crippen molar-refractivity contribution in [3.05, 3.63) is 29.6 Å². The van der Waals surface area contributed by atoms with E-state index >= 15 is 0 Å². The number of aromatic nitrogens is 2. The maximum absolute atomic E-state index is 13.3. The minimum Gasteiger partial charge on any atom is -0.341 e. The molecule has 2 heterocycles. The number of carbonyl (C=O) groups excluding carboxylic acids is 1. The Morgan fingerprint density at radius 3 is 3.00 bits per heavy atom. The number of rotatable bonds is 3. The summed E-state index contributed by atoms with van der Waals surface area (Å²) in [4.78, 5) is 20.1. The van der Waals surface area contributed by atoms with Gasteiger partial charge in [-0.3, -0.25) is 0 Å². The summed E-state index contributed by atoms with van der Waals surface area (Å²) in [6.07, 6.45) is 0. The van der Waals surface area contributed by atoms with Gasteiger partial charge in [0.05, 0.1) is 30.7 Å². The summed E-state index contributed by atoms with van der Waals surface area (Å²) < 4.78 is 26.7. The quantitative estimate of drug-likeness (QED) is 0.794. The van der Waals surface area contributed by atoms with E-state index < -0.39 is 25.0 Å². The zero-order valence-corrected chi connectivity index (χ0v) is 11.2. The molecular formula is C13H15F2N5O. The molecule has 1 aromatic heterocycles. The van der Waals surface area contributed by atoms with Crippen molar-refractivity contribution >= 4 is 17.1 Å². The van der Waals surface area contributed by atoms with Gasteiger partial charge in [0.15, 0.2) is 0 Å². The fraction of sp³-hybridized carbons (Fsp3) is 0.385. The van der Waals surface area contributed by atoms with E-state index in [-0.39, 0.29) is 6.54 Å². The largest absolute Gasteiger partial charge is 0.341 e. The van der Waals surface area contributed by atoms with Crippen LogP contribution in [-0.2, 0) is 13.1 Å². The highest BCUT2D eigenvalue weighted by molar-refractivity contribution is 5.77. The summed E-state index contributed by atoms with van der Waals surface area (Å²) >= 11 is 0. The number of carbonyl (C=O) groups is 1. The smallest absolute Gasteiger partial charge is 0.318 e. The van der Waals surface area contributed by atoms with Gasteiger partial charge in [0.2, 0.25) is 0 Å². The number of imidazole rings is 1. The first-order valence-electron chi connectivity index (χ1n) is 6.55. The normalized spacial score (nSPS) is 18.0. The van der Waals surface area contributed by atoms with Crippen molar-refractivity contribution in [1.29, 1.82) is 0 Å².